The average Bonchev–Trinajstić information content (AvgIpc) is 2.88. The van der Waals surface area contributed by atoms with Crippen LogP contribution in [-0.4, -0.2) is 18.8 Å². The maximum absolute atomic E-state index is 5.99. The number of unbranched alkanes of at least 4 members (excludes halogenated alkanes) is 3. The summed E-state index contributed by atoms with van der Waals surface area (Å²) < 4.78 is 5.99. The summed E-state index contributed by atoms with van der Waals surface area (Å²) in [5, 5.41) is 5.58. The summed E-state index contributed by atoms with van der Waals surface area (Å²) in [7, 11) is 0. The van der Waals surface area contributed by atoms with Crippen LogP contribution in [0, 0.1) is 0 Å². The molecule has 1 rings (SSSR count). The number of rotatable bonds is 11. The van der Waals surface area contributed by atoms with Crippen LogP contribution >= 0.6 is 11.3 Å². The van der Waals surface area contributed by atoms with E-state index in [2.05, 4.69) is 43.6 Å². The van der Waals surface area contributed by atoms with Crippen molar-refractivity contribution in [1.29, 1.82) is 0 Å². The van der Waals surface area contributed by atoms with Gasteiger partial charge in [-0.2, -0.15) is 0 Å². The molecule has 1 N–H and O–H groups in total. The van der Waals surface area contributed by atoms with E-state index in [0.717, 1.165) is 13.1 Å². The van der Waals surface area contributed by atoms with Crippen molar-refractivity contribution in [1.82, 2.24) is 5.32 Å². The quantitative estimate of drug-likeness (QED) is 0.599. The molecule has 0 radical (unpaired) electrons. The van der Waals surface area contributed by atoms with E-state index < -0.39 is 0 Å². The molecule has 1 aromatic rings. The Kier molecular flexibility index (Phi) is 9.14. The fourth-order valence-corrected chi connectivity index (χ4v) is 2.86. The Morgan fingerprint density at radius 2 is 2.05 bits per heavy atom. The molecule has 110 valence electrons. The van der Waals surface area contributed by atoms with Gasteiger partial charge in [-0.3, -0.25) is 0 Å². The van der Waals surface area contributed by atoms with Crippen LogP contribution in [0.15, 0.2) is 17.5 Å². The highest BCUT2D eigenvalue weighted by atomic mass is 32.1. The van der Waals surface area contributed by atoms with Crippen LogP contribution in [-0.2, 0) is 11.3 Å². The molecule has 1 heterocycles. The minimum atomic E-state index is 0.293. The maximum atomic E-state index is 5.99. The molecule has 0 aliphatic rings. The Bertz CT molecular complexity index is 300. The van der Waals surface area contributed by atoms with Crippen molar-refractivity contribution in [2.75, 3.05) is 6.54 Å². The van der Waals surface area contributed by atoms with Gasteiger partial charge in [-0.1, -0.05) is 38.7 Å². The molecule has 2 nitrogen and oxygen atoms in total. The highest BCUT2D eigenvalue weighted by molar-refractivity contribution is 7.09. The SMILES string of the molecule is CCCCCCC(C)OC(C)CNCc1cccs1. The molecule has 0 spiro atoms. The van der Waals surface area contributed by atoms with Crippen LogP contribution in [0.1, 0.15) is 57.8 Å². The average molecular weight is 283 g/mol. The molecule has 0 aromatic carbocycles. The van der Waals surface area contributed by atoms with Crippen molar-refractivity contribution in [3.8, 4) is 0 Å². The molecule has 19 heavy (non-hydrogen) atoms. The third-order valence-electron chi connectivity index (χ3n) is 3.24. The van der Waals surface area contributed by atoms with Gasteiger partial charge >= 0.3 is 0 Å². The molecule has 0 aliphatic carbocycles. The summed E-state index contributed by atoms with van der Waals surface area (Å²) >= 11 is 1.80. The first-order valence-corrected chi connectivity index (χ1v) is 8.49. The van der Waals surface area contributed by atoms with E-state index >= 15 is 0 Å². The maximum Gasteiger partial charge on any atom is 0.0675 e. The second kappa shape index (κ2) is 10.4. The molecule has 2 unspecified atom stereocenters. The van der Waals surface area contributed by atoms with Crippen molar-refractivity contribution >= 4 is 11.3 Å². The van der Waals surface area contributed by atoms with Gasteiger partial charge in [0.1, 0.15) is 0 Å². The molecular weight excluding hydrogens is 254 g/mol. The Hall–Kier alpha value is -0.380. The van der Waals surface area contributed by atoms with Crippen molar-refractivity contribution < 1.29 is 4.74 Å². The predicted octanol–water partition coefficient (Wildman–Crippen LogP) is 4.60. The first-order chi connectivity index (χ1) is 9.22. The van der Waals surface area contributed by atoms with Gasteiger partial charge in [-0.25, -0.2) is 0 Å². The first-order valence-electron chi connectivity index (χ1n) is 7.61. The fraction of sp³-hybridized carbons (Fsp3) is 0.750. The normalized spacial score (nSPS) is 14.5. The third-order valence-corrected chi connectivity index (χ3v) is 4.12. The lowest BCUT2D eigenvalue weighted by molar-refractivity contribution is 0.00359. The van der Waals surface area contributed by atoms with Crippen LogP contribution in [0.4, 0.5) is 0 Å². The van der Waals surface area contributed by atoms with E-state index in [1.165, 1.54) is 37.0 Å². The summed E-state index contributed by atoms with van der Waals surface area (Å²) in [6.07, 6.45) is 7.16. The number of ether oxygens (including phenoxy) is 1. The van der Waals surface area contributed by atoms with Crippen LogP contribution in [0.25, 0.3) is 0 Å². The lowest BCUT2D eigenvalue weighted by Crippen LogP contribution is -2.29. The molecule has 0 bridgehead atoms. The number of hydrogen-bond acceptors (Lipinski definition) is 3. The Labute approximate surface area is 122 Å². The Morgan fingerprint density at radius 3 is 2.74 bits per heavy atom. The first kappa shape index (κ1) is 16.7. The lowest BCUT2D eigenvalue weighted by atomic mass is 10.1. The molecule has 0 aliphatic heterocycles. The standard InChI is InChI=1S/C16H29NOS/c1-4-5-6-7-9-14(2)18-15(3)12-17-13-16-10-8-11-19-16/h8,10-11,14-15,17H,4-7,9,12-13H2,1-3H3. The zero-order valence-electron chi connectivity index (χ0n) is 12.7. The zero-order valence-corrected chi connectivity index (χ0v) is 13.5. The van der Waals surface area contributed by atoms with Gasteiger partial charge in [-0.05, 0) is 31.7 Å². The summed E-state index contributed by atoms with van der Waals surface area (Å²) in [5.41, 5.74) is 0. The minimum absolute atomic E-state index is 0.293. The molecule has 2 atom stereocenters. The van der Waals surface area contributed by atoms with Gasteiger partial charge in [0.2, 0.25) is 0 Å². The summed E-state index contributed by atoms with van der Waals surface area (Å²) in [6.45, 7) is 8.49. The lowest BCUT2D eigenvalue weighted by Gasteiger charge is -2.19. The Morgan fingerprint density at radius 1 is 1.21 bits per heavy atom. The molecule has 0 fully saturated rings. The van der Waals surface area contributed by atoms with Gasteiger partial charge in [0.15, 0.2) is 0 Å². The van der Waals surface area contributed by atoms with E-state index in [9.17, 15) is 0 Å². The molecule has 0 saturated carbocycles. The number of hydrogen-bond donors (Lipinski definition) is 1. The molecule has 3 heteroatoms. The van der Waals surface area contributed by atoms with Crippen molar-refractivity contribution in [3.05, 3.63) is 22.4 Å². The van der Waals surface area contributed by atoms with Gasteiger partial charge in [-0.15, -0.1) is 11.3 Å². The molecule has 0 amide bonds. The van der Waals surface area contributed by atoms with Gasteiger partial charge in [0, 0.05) is 18.0 Å². The van der Waals surface area contributed by atoms with E-state index in [-0.39, 0.29) is 0 Å². The number of thiophene rings is 1. The van der Waals surface area contributed by atoms with Crippen molar-refractivity contribution in [2.24, 2.45) is 0 Å². The fourth-order valence-electron chi connectivity index (χ4n) is 2.18. The highest BCUT2D eigenvalue weighted by Crippen LogP contribution is 2.10. The molecular formula is C16H29NOS. The van der Waals surface area contributed by atoms with E-state index in [4.69, 9.17) is 4.74 Å². The monoisotopic (exact) mass is 283 g/mol. The van der Waals surface area contributed by atoms with Crippen LogP contribution in [0.3, 0.4) is 0 Å². The van der Waals surface area contributed by atoms with E-state index in [1.54, 1.807) is 11.3 Å². The zero-order chi connectivity index (χ0) is 13.9. The van der Waals surface area contributed by atoms with Crippen LogP contribution in [0.5, 0.6) is 0 Å². The highest BCUT2D eigenvalue weighted by Gasteiger charge is 2.08. The van der Waals surface area contributed by atoms with Gasteiger partial charge < -0.3 is 10.1 Å². The summed E-state index contributed by atoms with van der Waals surface area (Å²) in [6, 6.07) is 4.26. The summed E-state index contributed by atoms with van der Waals surface area (Å²) in [5.74, 6) is 0. The van der Waals surface area contributed by atoms with E-state index in [1.807, 2.05) is 0 Å². The van der Waals surface area contributed by atoms with Gasteiger partial charge in [0.05, 0.1) is 12.2 Å². The largest absolute Gasteiger partial charge is 0.374 e. The summed E-state index contributed by atoms with van der Waals surface area (Å²) in [4.78, 5) is 1.39. The Balaban J connectivity index is 2.01. The third kappa shape index (κ3) is 8.40. The second-order valence-electron chi connectivity index (χ2n) is 5.32. The van der Waals surface area contributed by atoms with Crippen molar-refractivity contribution in [3.63, 3.8) is 0 Å². The molecule has 1 aromatic heterocycles. The smallest absolute Gasteiger partial charge is 0.0675 e. The van der Waals surface area contributed by atoms with E-state index in [0.29, 0.717) is 12.2 Å². The van der Waals surface area contributed by atoms with Crippen LogP contribution in [0.2, 0.25) is 0 Å². The van der Waals surface area contributed by atoms with Gasteiger partial charge in [0.25, 0.3) is 0 Å². The predicted molar refractivity (Wildman–Crippen MR) is 84.8 cm³/mol. The molecule has 0 saturated heterocycles. The van der Waals surface area contributed by atoms with Crippen molar-refractivity contribution in [2.45, 2.75) is 71.6 Å². The van der Waals surface area contributed by atoms with Crippen LogP contribution < -0.4 is 5.32 Å². The second-order valence-corrected chi connectivity index (χ2v) is 6.35. The number of nitrogens with one attached hydrogen (secondary N) is 1. The minimum Gasteiger partial charge on any atom is -0.374 e. The topological polar surface area (TPSA) is 21.3 Å².